The fourth-order valence-corrected chi connectivity index (χ4v) is 2.34. The monoisotopic (exact) mass is 321 g/mol. The fourth-order valence-electron chi connectivity index (χ4n) is 2.34. The normalized spacial score (nSPS) is 15.0. The van der Waals surface area contributed by atoms with Crippen LogP contribution in [0.2, 0.25) is 0 Å². The molecule has 2 amide bonds. The molecule has 0 unspecified atom stereocenters. The molecule has 0 bridgehead atoms. The van der Waals surface area contributed by atoms with Crippen LogP contribution in [-0.2, 0) is 16.0 Å². The summed E-state index contributed by atoms with van der Waals surface area (Å²) in [6.45, 7) is 1.37. The van der Waals surface area contributed by atoms with E-state index in [9.17, 15) is 9.59 Å². The quantitative estimate of drug-likeness (QED) is 0.820. The van der Waals surface area contributed by atoms with Crippen molar-refractivity contribution in [2.24, 2.45) is 5.73 Å². The van der Waals surface area contributed by atoms with Crippen molar-refractivity contribution in [3.8, 4) is 11.5 Å². The Morgan fingerprint density at radius 2 is 2.09 bits per heavy atom. The summed E-state index contributed by atoms with van der Waals surface area (Å²) < 4.78 is 15.2. The molecular formula is C16H21N2O5. The molecule has 1 aliphatic heterocycles. The number of nitrogens with one attached hydrogen (secondary N) is 1. The van der Waals surface area contributed by atoms with Crippen LogP contribution in [0, 0.1) is 6.42 Å². The largest absolute Gasteiger partial charge is 0.493 e. The van der Waals surface area contributed by atoms with E-state index in [1.165, 1.54) is 7.11 Å². The van der Waals surface area contributed by atoms with Gasteiger partial charge < -0.3 is 25.3 Å². The molecule has 1 saturated heterocycles. The van der Waals surface area contributed by atoms with Crippen LogP contribution in [0.15, 0.2) is 18.2 Å². The van der Waals surface area contributed by atoms with Crippen molar-refractivity contribution in [1.82, 2.24) is 5.32 Å². The van der Waals surface area contributed by atoms with Crippen LogP contribution in [0.1, 0.15) is 18.4 Å². The summed E-state index contributed by atoms with van der Waals surface area (Å²) >= 11 is 0. The zero-order valence-electron chi connectivity index (χ0n) is 13.0. The summed E-state index contributed by atoms with van der Waals surface area (Å²) in [4.78, 5) is 22.7. The lowest BCUT2D eigenvalue weighted by Crippen LogP contribution is -2.39. The van der Waals surface area contributed by atoms with Gasteiger partial charge in [-0.1, -0.05) is 6.07 Å². The third-order valence-corrected chi connectivity index (χ3v) is 3.53. The van der Waals surface area contributed by atoms with Crippen molar-refractivity contribution < 1.29 is 23.8 Å². The lowest BCUT2D eigenvalue weighted by Gasteiger charge is -2.23. The molecule has 0 aliphatic carbocycles. The minimum Gasteiger partial charge on any atom is -0.493 e. The van der Waals surface area contributed by atoms with Crippen molar-refractivity contribution >= 4 is 12.0 Å². The number of rotatable bonds is 6. The Balaban J connectivity index is 1.87. The number of hydrogen-bond acceptors (Lipinski definition) is 5. The molecule has 0 aromatic heterocycles. The average molecular weight is 321 g/mol. The Labute approximate surface area is 135 Å². The number of methoxy groups -OCH3 is 1. The number of hydrogen-bond donors (Lipinski definition) is 2. The van der Waals surface area contributed by atoms with E-state index in [4.69, 9.17) is 19.9 Å². The summed E-state index contributed by atoms with van der Waals surface area (Å²) in [5, 5.41) is 2.96. The van der Waals surface area contributed by atoms with Crippen molar-refractivity contribution in [2.45, 2.75) is 25.3 Å². The van der Waals surface area contributed by atoms with E-state index in [1.807, 2.05) is 0 Å². The molecule has 125 valence electrons. The van der Waals surface area contributed by atoms with Crippen LogP contribution in [0.3, 0.4) is 0 Å². The van der Waals surface area contributed by atoms with E-state index in [2.05, 4.69) is 5.32 Å². The number of benzene rings is 1. The van der Waals surface area contributed by atoms with Crippen LogP contribution in [0.4, 0.5) is 4.79 Å². The van der Waals surface area contributed by atoms with Gasteiger partial charge in [0.05, 0.1) is 13.5 Å². The molecule has 2 rings (SSSR count). The van der Waals surface area contributed by atoms with E-state index in [0.717, 1.165) is 18.4 Å². The zero-order valence-corrected chi connectivity index (χ0v) is 13.0. The van der Waals surface area contributed by atoms with Crippen LogP contribution in [0.25, 0.3) is 0 Å². The second-order valence-electron chi connectivity index (χ2n) is 5.21. The minimum atomic E-state index is -0.904. The minimum absolute atomic E-state index is 0.103. The van der Waals surface area contributed by atoms with E-state index in [1.54, 1.807) is 24.6 Å². The van der Waals surface area contributed by atoms with Gasteiger partial charge in [0.1, 0.15) is 0 Å². The smallest absolute Gasteiger partial charge is 0.410 e. The topological polar surface area (TPSA) is 99.9 Å². The van der Waals surface area contributed by atoms with E-state index >= 15 is 0 Å². The molecule has 3 N–H and O–H groups in total. The zero-order chi connectivity index (χ0) is 16.7. The lowest BCUT2D eigenvalue weighted by molar-refractivity contribution is -0.119. The Hall–Kier alpha value is -2.28. The van der Waals surface area contributed by atoms with Gasteiger partial charge >= 0.3 is 6.09 Å². The number of carbonyl (C=O) groups excluding carboxylic acids is 2. The van der Waals surface area contributed by atoms with Crippen molar-refractivity contribution in [1.29, 1.82) is 0 Å². The lowest BCUT2D eigenvalue weighted by atomic mass is 10.1. The molecule has 1 radical (unpaired) electrons. The number of amides is 2. The van der Waals surface area contributed by atoms with Gasteiger partial charge in [0.25, 0.3) is 0 Å². The van der Waals surface area contributed by atoms with Gasteiger partial charge in [-0.15, -0.1) is 0 Å². The van der Waals surface area contributed by atoms with Gasteiger partial charge in [-0.2, -0.15) is 0 Å². The van der Waals surface area contributed by atoms with E-state index in [0.29, 0.717) is 25.4 Å². The average Bonchev–Trinajstić information content (AvgIpc) is 2.54. The third-order valence-electron chi connectivity index (χ3n) is 3.53. The maximum atomic E-state index is 11.9. The van der Waals surface area contributed by atoms with Crippen molar-refractivity contribution in [2.75, 3.05) is 20.3 Å². The van der Waals surface area contributed by atoms with Gasteiger partial charge in [-0.05, 0) is 37.0 Å². The maximum Gasteiger partial charge on any atom is 0.410 e. The Kier molecular flexibility index (Phi) is 6.22. The Bertz CT molecular complexity index is 555. The highest BCUT2D eigenvalue weighted by atomic mass is 16.6. The summed E-state index contributed by atoms with van der Waals surface area (Å²) in [5.74, 6) is 0.531. The molecule has 0 atom stereocenters. The molecule has 7 heteroatoms. The molecule has 1 aromatic rings. The molecule has 0 spiro atoms. The van der Waals surface area contributed by atoms with Crippen molar-refractivity contribution in [3.63, 3.8) is 0 Å². The molecule has 1 fully saturated rings. The van der Waals surface area contributed by atoms with Crippen molar-refractivity contribution in [3.05, 3.63) is 30.2 Å². The maximum absolute atomic E-state index is 11.9. The fraction of sp³-hybridized carbons (Fsp3) is 0.438. The molecule has 0 saturated carbocycles. The highest BCUT2D eigenvalue weighted by Crippen LogP contribution is 2.28. The number of ether oxygens (including phenoxy) is 3. The summed E-state index contributed by atoms with van der Waals surface area (Å²) in [6.07, 6.45) is 2.80. The summed E-state index contributed by atoms with van der Waals surface area (Å²) in [6, 6.07) is 5.21. The van der Waals surface area contributed by atoms with E-state index in [-0.39, 0.29) is 17.7 Å². The summed E-state index contributed by atoms with van der Waals surface area (Å²) in [5.41, 5.74) is 5.85. The van der Waals surface area contributed by atoms with Gasteiger partial charge in [-0.25, -0.2) is 4.79 Å². The van der Waals surface area contributed by atoms with Gasteiger partial charge in [0.2, 0.25) is 5.91 Å². The standard InChI is InChI=1S/C16H21N2O5/c1-21-14-10-11(2-4-13(14)23-16(17)20)3-5-15(19)18-12-6-8-22-9-7-12/h2,4-5,10,12H,3,6-9H2,1H3,(H2,17,20)(H,18,19). The Morgan fingerprint density at radius 3 is 2.74 bits per heavy atom. The molecule has 7 nitrogen and oxygen atoms in total. The third kappa shape index (κ3) is 5.45. The highest BCUT2D eigenvalue weighted by molar-refractivity contribution is 5.85. The molecule has 1 aliphatic rings. The van der Waals surface area contributed by atoms with Crippen LogP contribution < -0.4 is 20.5 Å². The predicted octanol–water partition coefficient (Wildman–Crippen LogP) is 1.19. The predicted molar refractivity (Wildman–Crippen MR) is 83.2 cm³/mol. The Morgan fingerprint density at radius 1 is 1.35 bits per heavy atom. The molecule has 23 heavy (non-hydrogen) atoms. The van der Waals surface area contributed by atoms with E-state index < -0.39 is 6.09 Å². The first-order valence-electron chi connectivity index (χ1n) is 7.44. The second-order valence-corrected chi connectivity index (χ2v) is 5.21. The van der Waals surface area contributed by atoms with Gasteiger partial charge in [0, 0.05) is 19.3 Å². The van der Waals surface area contributed by atoms with Crippen LogP contribution in [0.5, 0.6) is 11.5 Å². The highest BCUT2D eigenvalue weighted by Gasteiger charge is 2.16. The van der Waals surface area contributed by atoms with Gasteiger partial charge in [-0.3, -0.25) is 4.79 Å². The number of carbonyl (C=O) groups is 2. The summed E-state index contributed by atoms with van der Waals surface area (Å²) in [7, 11) is 1.47. The SMILES string of the molecule is COc1cc(C[CH]C(=O)NC2CCOCC2)ccc1OC(N)=O. The van der Waals surface area contributed by atoms with Crippen LogP contribution in [-0.4, -0.2) is 38.4 Å². The van der Waals surface area contributed by atoms with Gasteiger partial charge in [0.15, 0.2) is 11.5 Å². The number of primary amides is 1. The molecule has 1 heterocycles. The van der Waals surface area contributed by atoms with Crippen LogP contribution >= 0.6 is 0 Å². The molecule has 1 aromatic carbocycles. The molecular weight excluding hydrogens is 300 g/mol. The first-order valence-corrected chi connectivity index (χ1v) is 7.44. The number of nitrogens with two attached hydrogens (primary N) is 1. The second kappa shape index (κ2) is 8.38. The first-order chi connectivity index (χ1) is 11.1. The first kappa shape index (κ1) is 17.1.